The van der Waals surface area contributed by atoms with Crippen LogP contribution in [-0.2, 0) is 14.3 Å². The Morgan fingerprint density at radius 3 is 2.91 bits per heavy atom. The summed E-state index contributed by atoms with van der Waals surface area (Å²) in [4.78, 5) is 29.9. The van der Waals surface area contributed by atoms with E-state index in [1.165, 1.54) is 4.90 Å². The molecular weight excluding hydrogens is 288 g/mol. The molecule has 0 spiro atoms. The Morgan fingerprint density at radius 1 is 1.50 bits per heavy atom. The fraction of sp³-hybridized carbons (Fsp3) is 0.500. The average Bonchev–Trinajstić information content (AvgIpc) is 2.45. The molecule has 3 N–H and O–H groups in total. The van der Waals surface area contributed by atoms with Crippen molar-refractivity contribution in [1.29, 1.82) is 0 Å². The lowest BCUT2D eigenvalue weighted by Gasteiger charge is -2.37. The summed E-state index contributed by atoms with van der Waals surface area (Å²) in [5.74, 6) is 0.271. The van der Waals surface area contributed by atoms with Crippen LogP contribution in [0.2, 0.25) is 0 Å². The van der Waals surface area contributed by atoms with E-state index in [2.05, 4.69) is 10.3 Å². The molecule has 1 aromatic heterocycles. The maximum absolute atomic E-state index is 12.5. The van der Waals surface area contributed by atoms with Gasteiger partial charge in [0, 0.05) is 13.7 Å². The summed E-state index contributed by atoms with van der Waals surface area (Å²) in [6, 6.07) is 3.23. The van der Waals surface area contributed by atoms with Crippen LogP contribution in [0, 0.1) is 0 Å². The molecule has 0 saturated carbocycles. The highest BCUT2D eigenvalue weighted by molar-refractivity contribution is 6.05. The van der Waals surface area contributed by atoms with E-state index in [9.17, 15) is 9.59 Å². The molecule has 0 bridgehead atoms. The predicted octanol–water partition coefficient (Wildman–Crippen LogP) is -0.0696. The van der Waals surface area contributed by atoms with E-state index in [0.29, 0.717) is 18.9 Å². The van der Waals surface area contributed by atoms with Crippen molar-refractivity contribution in [3.05, 3.63) is 12.1 Å². The van der Waals surface area contributed by atoms with Crippen LogP contribution in [0.25, 0.3) is 0 Å². The molecule has 2 heterocycles. The molecule has 0 unspecified atom stereocenters. The molecule has 0 radical (unpaired) electrons. The van der Waals surface area contributed by atoms with Gasteiger partial charge < -0.3 is 20.5 Å². The van der Waals surface area contributed by atoms with Crippen LogP contribution in [0.3, 0.4) is 0 Å². The van der Waals surface area contributed by atoms with Crippen LogP contribution in [0.4, 0.5) is 11.6 Å². The number of nitrogens with zero attached hydrogens (tertiary/aromatic N) is 2. The second-order valence-electron chi connectivity index (χ2n) is 5.40. The van der Waals surface area contributed by atoms with Crippen LogP contribution in [0.5, 0.6) is 5.75 Å². The number of rotatable bonds is 5. The summed E-state index contributed by atoms with van der Waals surface area (Å²) in [6.07, 6.45) is 0. The van der Waals surface area contributed by atoms with Gasteiger partial charge >= 0.3 is 0 Å². The van der Waals surface area contributed by atoms with Gasteiger partial charge in [-0.3, -0.25) is 14.5 Å². The number of nitrogens with two attached hydrogens (primary N) is 1. The number of hydrogen-bond donors (Lipinski definition) is 2. The number of anilines is 2. The summed E-state index contributed by atoms with van der Waals surface area (Å²) in [7, 11) is 1.54. The van der Waals surface area contributed by atoms with Gasteiger partial charge in [0.2, 0.25) is 5.91 Å². The Morgan fingerprint density at radius 2 is 2.23 bits per heavy atom. The van der Waals surface area contributed by atoms with Gasteiger partial charge in [0.25, 0.3) is 5.91 Å². The molecular formula is C14H20N4O4. The highest BCUT2D eigenvalue weighted by Crippen LogP contribution is 2.36. The number of carbonyl (C=O) groups excluding carboxylic acids is 2. The molecule has 1 aliphatic heterocycles. The molecule has 0 saturated heterocycles. The number of fused-ring (bicyclic) bond motifs is 1. The van der Waals surface area contributed by atoms with Crippen LogP contribution in [-0.4, -0.2) is 49.2 Å². The first kappa shape index (κ1) is 16.0. The molecule has 2 amide bonds. The Kier molecular flexibility index (Phi) is 4.51. The summed E-state index contributed by atoms with van der Waals surface area (Å²) in [6.45, 7) is 3.90. The first-order valence-electron chi connectivity index (χ1n) is 6.88. The third-order valence-corrected chi connectivity index (χ3v) is 3.17. The van der Waals surface area contributed by atoms with Gasteiger partial charge in [-0.2, -0.15) is 0 Å². The summed E-state index contributed by atoms with van der Waals surface area (Å²) in [5, 5.41) is 2.67. The molecule has 8 nitrogen and oxygen atoms in total. The smallest absolute Gasteiger partial charge is 0.272 e. The summed E-state index contributed by atoms with van der Waals surface area (Å²) in [5.41, 5.74) is 4.59. The number of nitrogen functional groups attached to an aromatic ring is 1. The van der Waals surface area contributed by atoms with Crippen LogP contribution in [0.15, 0.2) is 12.1 Å². The SMILES string of the molecule is COCCNC(=O)CN1C(=O)C(C)(C)Oc2ccc(N)nc21. The third-order valence-electron chi connectivity index (χ3n) is 3.17. The van der Waals surface area contributed by atoms with E-state index in [1.54, 1.807) is 33.1 Å². The molecule has 120 valence electrons. The Bertz CT molecular complexity index is 588. The summed E-state index contributed by atoms with van der Waals surface area (Å²) < 4.78 is 10.5. The quantitative estimate of drug-likeness (QED) is 0.737. The van der Waals surface area contributed by atoms with Crippen molar-refractivity contribution in [3.8, 4) is 5.75 Å². The van der Waals surface area contributed by atoms with Crippen molar-refractivity contribution in [2.24, 2.45) is 0 Å². The van der Waals surface area contributed by atoms with E-state index < -0.39 is 5.60 Å². The Labute approximate surface area is 128 Å². The average molecular weight is 308 g/mol. The molecule has 0 aromatic carbocycles. The molecule has 0 aliphatic carbocycles. The maximum Gasteiger partial charge on any atom is 0.272 e. The van der Waals surface area contributed by atoms with Crippen molar-refractivity contribution in [1.82, 2.24) is 10.3 Å². The number of ether oxygens (including phenoxy) is 2. The minimum atomic E-state index is -1.07. The van der Waals surface area contributed by atoms with Gasteiger partial charge in [0.1, 0.15) is 12.4 Å². The minimum absolute atomic E-state index is 0.154. The zero-order valence-corrected chi connectivity index (χ0v) is 12.9. The molecule has 8 heteroatoms. The predicted molar refractivity (Wildman–Crippen MR) is 80.6 cm³/mol. The molecule has 22 heavy (non-hydrogen) atoms. The number of aromatic nitrogens is 1. The van der Waals surface area contributed by atoms with Crippen molar-refractivity contribution in [3.63, 3.8) is 0 Å². The molecule has 0 atom stereocenters. The second-order valence-corrected chi connectivity index (χ2v) is 5.40. The fourth-order valence-corrected chi connectivity index (χ4v) is 2.10. The lowest BCUT2D eigenvalue weighted by Crippen LogP contribution is -2.55. The molecule has 1 aromatic rings. The zero-order valence-electron chi connectivity index (χ0n) is 12.9. The van der Waals surface area contributed by atoms with E-state index >= 15 is 0 Å². The first-order valence-corrected chi connectivity index (χ1v) is 6.88. The number of hydrogen-bond acceptors (Lipinski definition) is 6. The highest BCUT2D eigenvalue weighted by Gasteiger charge is 2.42. The number of nitrogens with one attached hydrogen (secondary N) is 1. The third kappa shape index (κ3) is 3.28. The van der Waals surface area contributed by atoms with Crippen molar-refractivity contribution in [2.75, 3.05) is 37.4 Å². The standard InChI is InChI=1S/C14H20N4O4/c1-14(2)13(20)18(8-11(19)16-6-7-21-3)12-9(22-14)4-5-10(15)17-12/h4-5H,6-8H2,1-3H3,(H2,15,17)(H,16,19). The molecule has 2 rings (SSSR count). The van der Waals surface area contributed by atoms with Crippen molar-refractivity contribution in [2.45, 2.75) is 19.4 Å². The van der Waals surface area contributed by atoms with E-state index in [4.69, 9.17) is 15.2 Å². The largest absolute Gasteiger partial charge is 0.474 e. The molecule has 1 aliphatic rings. The first-order chi connectivity index (χ1) is 10.3. The fourth-order valence-electron chi connectivity index (χ4n) is 2.10. The van der Waals surface area contributed by atoms with Gasteiger partial charge in [-0.25, -0.2) is 4.98 Å². The highest BCUT2D eigenvalue weighted by atomic mass is 16.5. The zero-order chi connectivity index (χ0) is 16.3. The number of pyridine rings is 1. The van der Waals surface area contributed by atoms with Gasteiger partial charge in [-0.15, -0.1) is 0 Å². The Balaban J connectivity index is 2.23. The van der Waals surface area contributed by atoms with E-state index in [1.807, 2.05) is 0 Å². The van der Waals surface area contributed by atoms with Crippen molar-refractivity contribution >= 4 is 23.5 Å². The monoisotopic (exact) mass is 308 g/mol. The van der Waals surface area contributed by atoms with Gasteiger partial charge in [0.15, 0.2) is 17.2 Å². The van der Waals surface area contributed by atoms with Gasteiger partial charge in [-0.05, 0) is 26.0 Å². The van der Waals surface area contributed by atoms with Gasteiger partial charge in [-0.1, -0.05) is 0 Å². The number of carbonyl (C=O) groups is 2. The van der Waals surface area contributed by atoms with Crippen LogP contribution < -0.4 is 20.7 Å². The number of amides is 2. The van der Waals surface area contributed by atoms with Crippen LogP contribution in [0.1, 0.15) is 13.8 Å². The maximum atomic E-state index is 12.5. The van der Waals surface area contributed by atoms with Crippen molar-refractivity contribution < 1.29 is 19.1 Å². The lowest BCUT2D eigenvalue weighted by molar-refractivity contribution is -0.134. The topological polar surface area (TPSA) is 107 Å². The Hall–Kier alpha value is -2.35. The van der Waals surface area contributed by atoms with Gasteiger partial charge in [0.05, 0.1) is 6.61 Å². The van der Waals surface area contributed by atoms with E-state index in [-0.39, 0.29) is 30.0 Å². The molecule has 0 fully saturated rings. The normalized spacial score (nSPS) is 16.0. The minimum Gasteiger partial charge on any atom is -0.474 e. The number of methoxy groups -OCH3 is 1. The second kappa shape index (κ2) is 6.18. The lowest BCUT2D eigenvalue weighted by atomic mass is 10.1. The van der Waals surface area contributed by atoms with E-state index in [0.717, 1.165) is 0 Å². The summed E-state index contributed by atoms with van der Waals surface area (Å²) >= 11 is 0. The van der Waals surface area contributed by atoms with Crippen LogP contribution >= 0.6 is 0 Å².